The topological polar surface area (TPSA) is 66.4 Å². The average Bonchev–Trinajstić information content (AvgIpc) is 3.22. The fraction of sp³-hybridized carbons (Fsp3) is 0.963. The van der Waals surface area contributed by atoms with Gasteiger partial charge in [0.15, 0.2) is 0 Å². The zero-order chi connectivity index (χ0) is 42.5. The number of hydrogen-bond acceptors (Lipinski definition) is 2. The van der Waals surface area contributed by atoms with E-state index in [9.17, 15) is 9.59 Å². The van der Waals surface area contributed by atoms with Gasteiger partial charge in [0.1, 0.15) is 0 Å². The Bertz CT molecular complexity index is 755. The van der Waals surface area contributed by atoms with Crippen LogP contribution in [0.15, 0.2) is 0 Å². The van der Waals surface area contributed by atoms with Crippen molar-refractivity contribution >= 4 is 11.9 Å². The van der Waals surface area contributed by atoms with Gasteiger partial charge in [0.05, 0.1) is 0 Å². The smallest absolute Gasteiger partial charge is 0.303 e. The molecule has 1 amide bonds. The second-order valence-corrected chi connectivity index (χ2v) is 18.5. The lowest BCUT2D eigenvalue weighted by Gasteiger charge is -2.04. The van der Waals surface area contributed by atoms with Crippen molar-refractivity contribution in [2.24, 2.45) is 0 Å². The first-order chi connectivity index (χ1) is 28.6. The first kappa shape index (κ1) is 59.0. The van der Waals surface area contributed by atoms with E-state index in [2.05, 4.69) is 19.2 Å². The monoisotopic (exact) mass is 820 g/mol. The minimum Gasteiger partial charge on any atom is -0.481 e. The summed E-state index contributed by atoms with van der Waals surface area (Å²) in [5.41, 5.74) is 0. The molecule has 0 unspecified atom stereocenters. The molecule has 0 rings (SSSR count). The predicted molar refractivity (Wildman–Crippen MR) is 259 cm³/mol. The summed E-state index contributed by atoms with van der Waals surface area (Å²) in [6.45, 7) is 4.59. The summed E-state index contributed by atoms with van der Waals surface area (Å²) in [5.74, 6) is -0.461. The third-order valence-electron chi connectivity index (χ3n) is 12.5. The molecule has 0 heterocycles. The van der Waals surface area contributed by atoms with Crippen molar-refractivity contribution < 1.29 is 14.7 Å². The van der Waals surface area contributed by atoms with Crippen molar-refractivity contribution in [3.05, 3.63) is 0 Å². The number of amides is 1. The van der Waals surface area contributed by atoms with Crippen LogP contribution in [-0.4, -0.2) is 24.0 Å². The lowest BCUT2D eigenvalue weighted by atomic mass is 10.0. The van der Waals surface area contributed by atoms with E-state index < -0.39 is 5.97 Å². The minimum atomic E-state index is -0.649. The molecule has 4 nitrogen and oxygen atoms in total. The third-order valence-corrected chi connectivity index (χ3v) is 12.5. The number of carboxylic acids is 1. The van der Waals surface area contributed by atoms with E-state index in [1.807, 2.05) is 0 Å². The summed E-state index contributed by atoms with van der Waals surface area (Å²) in [7, 11) is 1.72. The van der Waals surface area contributed by atoms with Gasteiger partial charge in [-0.3, -0.25) is 9.59 Å². The lowest BCUT2D eigenvalue weighted by Crippen LogP contribution is -2.16. The van der Waals surface area contributed by atoms with Crippen LogP contribution in [0.3, 0.4) is 0 Å². The summed E-state index contributed by atoms with van der Waals surface area (Å²) in [5, 5.41) is 11.3. The van der Waals surface area contributed by atoms with E-state index in [1.165, 1.54) is 283 Å². The van der Waals surface area contributed by atoms with Crippen molar-refractivity contribution in [2.75, 3.05) is 7.05 Å². The first-order valence-electron chi connectivity index (χ1n) is 27.0. The van der Waals surface area contributed by atoms with Crippen molar-refractivity contribution in [2.45, 2.75) is 328 Å². The number of carbonyl (C=O) groups excluding carboxylic acids is 1. The molecule has 0 aliphatic rings. The Morgan fingerprint density at radius 3 is 0.586 bits per heavy atom. The fourth-order valence-electron chi connectivity index (χ4n) is 8.43. The van der Waals surface area contributed by atoms with Crippen LogP contribution >= 0.6 is 0 Å². The van der Waals surface area contributed by atoms with Crippen molar-refractivity contribution in [3.63, 3.8) is 0 Å². The van der Waals surface area contributed by atoms with Gasteiger partial charge in [0.25, 0.3) is 0 Å². The van der Waals surface area contributed by atoms with Gasteiger partial charge in [0, 0.05) is 19.9 Å². The SMILES string of the molecule is CCCCCCCCCCCCCCCCCCCCCCCCCC(=O)NC.CCCCCCCCCCCCCCCCCCCCCCCCCCC(=O)O. The zero-order valence-electron chi connectivity index (χ0n) is 40.4. The van der Waals surface area contributed by atoms with E-state index in [0.717, 1.165) is 19.3 Å². The molecule has 0 bridgehead atoms. The largest absolute Gasteiger partial charge is 0.481 e. The molecule has 0 atom stereocenters. The zero-order valence-corrected chi connectivity index (χ0v) is 40.4. The molecular formula is C54H109NO3. The van der Waals surface area contributed by atoms with Crippen molar-refractivity contribution in [3.8, 4) is 0 Å². The molecule has 0 fully saturated rings. The Labute approximate surface area is 366 Å². The van der Waals surface area contributed by atoms with E-state index in [-0.39, 0.29) is 5.91 Å². The molecule has 0 aromatic rings. The van der Waals surface area contributed by atoms with Crippen LogP contribution < -0.4 is 5.32 Å². The molecule has 348 valence electrons. The molecular weight excluding hydrogens is 711 g/mol. The predicted octanol–water partition coefficient (Wildman–Crippen LogP) is 19.0. The van der Waals surface area contributed by atoms with E-state index in [4.69, 9.17) is 5.11 Å². The number of aliphatic carboxylic acids is 1. The van der Waals surface area contributed by atoms with Crippen LogP contribution in [0.25, 0.3) is 0 Å². The second kappa shape index (κ2) is 55.9. The van der Waals surface area contributed by atoms with Gasteiger partial charge in [-0.05, 0) is 12.8 Å². The number of carboxylic acid groups (broad SMARTS) is 1. The number of unbranched alkanes of at least 4 members (excludes halogenated alkanes) is 45. The molecule has 0 aromatic carbocycles. The highest BCUT2D eigenvalue weighted by molar-refractivity contribution is 5.75. The molecule has 0 spiro atoms. The lowest BCUT2D eigenvalue weighted by molar-refractivity contribution is -0.137. The molecule has 0 aliphatic carbocycles. The Kier molecular flexibility index (Phi) is 56.9. The molecule has 0 aromatic heterocycles. The highest BCUT2D eigenvalue weighted by Crippen LogP contribution is 2.18. The van der Waals surface area contributed by atoms with Crippen molar-refractivity contribution in [1.82, 2.24) is 5.32 Å². The molecule has 2 N–H and O–H groups in total. The molecule has 0 aliphatic heterocycles. The third kappa shape index (κ3) is 59.3. The van der Waals surface area contributed by atoms with Gasteiger partial charge in [-0.1, -0.05) is 303 Å². The highest BCUT2D eigenvalue weighted by atomic mass is 16.4. The van der Waals surface area contributed by atoms with Gasteiger partial charge in [-0.25, -0.2) is 0 Å². The quantitative estimate of drug-likeness (QED) is 0.0601. The molecule has 4 heteroatoms. The first-order valence-corrected chi connectivity index (χ1v) is 27.0. The van der Waals surface area contributed by atoms with Crippen LogP contribution in [0, 0.1) is 0 Å². The van der Waals surface area contributed by atoms with Gasteiger partial charge in [0.2, 0.25) is 5.91 Å². The summed E-state index contributed by atoms with van der Waals surface area (Å²) in [4.78, 5) is 21.5. The molecule has 58 heavy (non-hydrogen) atoms. The number of carbonyl (C=O) groups is 2. The second-order valence-electron chi connectivity index (χ2n) is 18.5. The maximum Gasteiger partial charge on any atom is 0.303 e. The summed E-state index contributed by atoms with van der Waals surface area (Å²) in [6, 6.07) is 0. The fourth-order valence-corrected chi connectivity index (χ4v) is 8.43. The maximum atomic E-state index is 11.1. The Balaban J connectivity index is 0. The summed E-state index contributed by atoms with van der Waals surface area (Å²) >= 11 is 0. The maximum absolute atomic E-state index is 11.1. The highest BCUT2D eigenvalue weighted by Gasteiger charge is 2.00. The van der Waals surface area contributed by atoms with Crippen LogP contribution in [-0.2, 0) is 9.59 Å². The van der Waals surface area contributed by atoms with E-state index >= 15 is 0 Å². The Morgan fingerprint density at radius 1 is 0.276 bits per heavy atom. The number of hydrogen-bond donors (Lipinski definition) is 2. The standard InChI is InChI=1S/C27H55NO.C27H54O2/c1-3-4-5-6-7-8-9-10-11-12-13-14-15-16-17-18-19-20-21-22-23-24-25-26-27(29)28-2;1-2-3-4-5-6-7-8-9-10-11-12-13-14-15-16-17-18-19-20-21-22-23-24-25-26-27(28)29/h3-26H2,1-2H3,(H,28,29);2-26H2,1H3,(H,28,29). The van der Waals surface area contributed by atoms with Crippen LogP contribution in [0.4, 0.5) is 0 Å². The van der Waals surface area contributed by atoms with Gasteiger partial charge < -0.3 is 10.4 Å². The van der Waals surface area contributed by atoms with Crippen LogP contribution in [0.2, 0.25) is 0 Å². The van der Waals surface area contributed by atoms with Gasteiger partial charge >= 0.3 is 5.97 Å². The van der Waals surface area contributed by atoms with Crippen LogP contribution in [0.5, 0.6) is 0 Å². The molecule has 0 saturated heterocycles. The van der Waals surface area contributed by atoms with E-state index in [0.29, 0.717) is 12.8 Å². The summed E-state index contributed by atoms with van der Waals surface area (Å²) < 4.78 is 0. The summed E-state index contributed by atoms with van der Waals surface area (Å²) in [6.07, 6.45) is 66.7. The number of nitrogens with one attached hydrogen (secondary N) is 1. The van der Waals surface area contributed by atoms with Crippen molar-refractivity contribution in [1.29, 1.82) is 0 Å². The molecule has 0 saturated carbocycles. The van der Waals surface area contributed by atoms with E-state index in [1.54, 1.807) is 7.05 Å². The number of rotatable bonds is 49. The van der Waals surface area contributed by atoms with Gasteiger partial charge in [-0.15, -0.1) is 0 Å². The molecule has 0 radical (unpaired) electrons. The average molecular weight is 820 g/mol. The van der Waals surface area contributed by atoms with Crippen LogP contribution in [0.1, 0.15) is 328 Å². The normalized spacial score (nSPS) is 11.2. The minimum absolute atomic E-state index is 0.188. The van der Waals surface area contributed by atoms with Gasteiger partial charge in [-0.2, -0.15) is 0 Å². The Morgan fingerprint density at radius 2 is 0.431 bits per heavy atom. The Hall–Kier alpha value is -1.06.